The molecular weight excluding hydrogens is 222 g/mol. The number of nitrogens with one attached hydrogen (secondary N) is 1. The minimum atomic E-state index is -1.18. The van der Waals surface area contributed by atoms with Crippen LogP contribution in [0.3, 0.4) is 0 Å². The van der Waals surface area contributed by atoms with Gasteiger partial charge in [-0.3, -0.25) is 9.48 Å². The van der Waals surface area contributed by atoms with Crippen LogP contribution in [0.2, 0.25) is 0 Å². The molecule has 92 valence electrons. The van der Waals surface area contributed by atoms with Crippen molar-refractivity contribution in [2.45, 2.75) is 31.7 Å². The molecule has 6 nitrogen and oxygen atoms in total. The van der Waals surface area contributed by atoms with Crippen LogP contribution in [0.25, 0.3) is 0 Å². The Morgan fingerprint density at radius 1 is 1.47 bits per heavy atom. The molecule has 0 aromatic carbocycles. The summed E-state index contributed by atoms with van der Waals surface area (Å²) in [6.45, 7) is 0. The standard InChI is InChI=1S/C11H15N3O3/c1-14-6-8(9(13-14)11(16)17)10(15)12-7-4-2-3-5-7/h6-7H,2-5H2,1H3,(H,12,15)(H,16,17). The molecule has 0 unspecified atom stereocenters. The molecule has 1 aliphatic carbocycles. The van der Waals surface area contributed by atoms with Crippen molar-refractivity contribution in [3.8, 4) is 0 Å². The number of aromatic carboxylic acids is 1. The molecule has 0 bridgehead atoms. The first-order chi connectivity index (χ1) is 8.08. The third kappa shape index (κ3) is 2.46. The molecule has 0 spiro atoms. The van der Waals surface area contributed by atoms with Gasteiger partial charge in [-0.1, -0.05) is 12.8 Å². The molecule has 1 aromatic rings. The number of hydrogen-bond donors (Lipinski definition) is 2. The van der Waals surface area contributed by atoms with Crippen molar-refractivity contribution < 1.29 is 14.7 Å². The van der Waals surface area contributed by atoms with Gasteiger partial charge in [-0.05, 0) is 12.8 Å². The molecule has 17 heavy (non-hydrogen) atoms. The number of amides is 1. The maximum Gasteiger partial charge on any atom is 0.357 e. The zero-order chi connectivity index (χ0) is 12.4. The molecule has 2 rings (SSSR count). The van der Waals surface area contributed by atoms with Gasteiger partial charge in [0.15, 0.2) is 5.69 Å². The third-order valence-electron chi connectivity index (χ3n) is 2.97. The van der Waals surface area contributed by atoms with Gasteiger partial charge in [-0.2, -0.15) is 5.10 Å². The van der Waals surface area contributed by atoms with Crippen LogP contribution in [0.4, 0.5) is 0 Å². The van der Waals surface area contributed by atoms with E-state index in [0.717, 1.165) is 25.7 Å². The number of rotatable bonds is 3. The fourth-order valence-electron chi connectivity index (χ4n) is 2.15. The second kappa shape index (κ2) is 4.57. The number of aromatic nitrogens is 2. The van der Waals surface area contributed by atoms with Crippen LogP contribution in [-0.4, -0.2) is 32.8 Å². The molecule has 1 fully saturated rings. The second-order valence-corrected chi connectivity index (χ2v) is 4.33. The van der Waals surface area contributed by atoms with Gasteiger partial charge in [-0.15, -0.1) is 0 Å². The minimum Gasteiger partial charge on any atom is -0.476 e. The van der Waals surface area contributed by atoms with Gasteiger partial charge >= 0.3 is 5.97 Å². The lowest BCUT2D eigenvalue weighted by molar-refractivity contribution is 0.0683. The summed E-state index contributed by atoms with van der Waals surface area (Å²) < 4.78 is 1.34. The SMILES string of the molecule is Cn1cc(C(=O)NC2CCCC2)c(C(=O)O)n1. The number of hydrogen-bond acceptors (Lipinski definition) is 3. The molecule has 0 atom stereocenters. The van der Waals surface area contributed by atoms with Crippen molar-refractivity contribution in [1.82, 2.24) is 15.1 Å². The number of aryl methyl sites for hydroxylation is 1. The molecule has 2 N–H and O–H groups in total. The first-order valence-electron chi connectivity index (χ1n) is 5.65. The van der Waals surface area contributed by atoms with E-state index in [2.05, 4.69) is 10.4 Å². The highest BCUT2D eigenvalue weighted by atomic mass is 16.4. The summed E-state index contributed by atoms with van der Waals surface area (Å²) in [7, 11) is 1.60. The summed E-state index contributed by atoms with van der Waals surface area (Å²) in [6, 6.07) is 0.171. The van der Waals surface area contributed by atoms with Crippen molar-refractivity contribution in [3.63, 3.8) is 0 Å². The largest absolute Gasteiger partial charge is 0.476 e. The molecule has 1 aliphatic rings. The smallest absolute Gasteiger partial charge is 0.357 e. The zero-order valence-corrected chi connectivity index (χ0v) is 9.64. The fourth-order valence-corrected chi connectivity index (χ4v) is 2.15. The summed E-state index contributed by atoms with van der Waals surface area (Å²) in [5, 5.41) is 15.5. The quantitative estimate of drug-likeness (QED) is 0.814. The summed E-state index contributed by atoms with van der Waals surface area (Å²) in [5.74, 6) is -1.52. The average Bonchev–Trinajstić information content (AvgIpc) is 2.86. The number of carboxylic acids is 1. The predicted octanol–water partition coefficient (Wildman–Crippen LogP) is 0.791. The molecule has 0 radical (unpaired) electrons. The predicted molar refractivity (Wildman–Crippen MR) is 59.9 cm³/mol. The Bertz CT molecular complexity index is 447. The van der Waals surface area contributed by atoms with Gasteiger partial charge in [0.05, 0.1) is 5.56 Å². The van der Waals surface area contributed by atoms with Crippen molar-refractivity contribution in [2.75, 3.05) is 0 Å². The molecular formula is C11H15N3O3. The molecule has 0 saturated heterocycles. The average molecular weight is 237 g/mol. The van der Waals surface area contributed by atoms with Gasteiger partial charge in [0.1, 0.15) is 0 Å². The molecule has 1 aromatic heterocycles. The molecule has 6 heteroatoms. The third-order valence-corrected chi connectivity index (χ3v) is 2.97. The number of carbonyl (C=O) groups excluding carboxylic acids is 1. The van der Waals surface area contributed by atoms with Gasteiger partial charge in [0.2, 0.25) is 0 Å². The van der Waals surface area contributed by atoms with E-state index in [1.165, 1.54) is 10.9 Å². The van der Waals surface area contributed by atoms with Crippen LogP contribution in [0.1, 0.15) is 46.5 Å². The van der Waals surface area contributed by atoms with Crippen LogP contribution < -0.4 is 5.32 Å². The highest BCUT2D eigenvalue weighted by molar-refractivity contribution is 6.03. The van der Waals surface area contributed by atoms with Gasteiger partial charge < -0.3 is 10.4 Å². The highest BCUT2D eigenvalue weighted by Gasteiger charge is 2.24. The Morgan fingerprint density at radius 3 is 2.71 bits per heavy atom. The van der Waals surface area contributed by atoms with Crippen molar-refractivity contribution >= 4 is 11.9 Å². The van der Waals surface area contributed by atoms with Gasteiger partial charge in [-0.25, -0.2) is 4.79 Å². The van der Waals surface area contributed by atoms with Crippen LogP contribution in [0.15, 0.2) is 6.20 Å². The number of carboxylic acid groups (broad SMARTS) is 1. The van der Waals surface area contributed by atoms with Crippen LogP contribution in [0, 0.1) is 0 Å². The van der Waals surface area contributed by atoms with Crippen LogP contribution in [0.5, 0.6) is 0 Å². The lowest BCUT2D eigenvalue weighted by Gasteiger charge is -2.10. The Morgan fingerprint density at radius 2 is 2.12 bits per heavy atom. The first kappa shape index (κ1) is 11.6. The summed E-state index contributed by atoms with van der Waals surface area (Å²) in [5.41, 5.74) is -0.0603. The van der Waals surface area contributed by atoms with E-state index in [0.29, 0.717) is 0 Å². The van der Waals surface area contributed by atoms with Gasteiger partial charge in [0, 0.05) is 19.3 Å². The van der Waals surface area contributed by atoms with E-state index >= 15 is 0 Å². The van der Waals surface area contributed by atoms with E-state index in [4.69, 9.17) is 5.11 Å². The normalized spacial score (nSPS) is 16.1. The highest BCUT2D eigenvalue weighted by Crippen LogP contribution is 2.18. The lowest BCUT2D eigenvalue weighted by Crippen LogP contribution is -2.33. The summed E-state index contributed by atoms with van der Waals surface area (Å²) in [6.07, 6.45) is 5.60. The Labute approximate surface area is 98.6 Å². The zero-order valence-electron chi connectivity index (χ0n) is 9.64. The maximum absolute atomic E-state index is 11.9. The van der Waals surface area contributed by atoms with Crippen LogP contribution in [-0.2, 0) is 7.05 Å². The van der Waals surface area contributed by atoms with Gasteiger partial charge in [0.25, 0.3) is 5.91 Å². The molecule has 0 aliphatic heterocycles. The van der Waals surface area contributed by atoms with Crippen molar-refractivity contribution in [2.24, 2.45) is 7.05 Å². The Hall–Kier alpha value is -1.85. The Kier molecular flexibility index (Phi) is 3.12. The monoisotopic (exact) mass is 237 g/mol. The summed E-state index contributed by atoms with van der Waals surface area (Å²) in [4.78, 5) is 22.8. The van der Waals surface area contributed by atoms with Crippen molar-refractivity contribution in [1.29, 1.82) is 0 Å². The first-order valence-corrected chi connectivity index (χ1v) is 5.65. The van der Waals surface area contributed by atoms with Crippen molar-refractivity contribution in [3.05, 3.63) is 17.5 Å². The Balaban J connectivity index is 2.15. The van der Waals surface area contributed by atoms with Crippen LogP contribution >= 0.6 is 0 Å². The maximum atomic E-state index is 11.9. The molecule has 1 heterocycles. The number of nitrogens with zero attached hydrogens (tertiary/aromatic N) is 2. The summed E-state index contributed by atoms with van der Waals surface area (Å²) >= 11 is 0. The van der Waals surface area contributed by atoms with E-state index in [-0.39, 0.29) is 23.2 Å². The lowest BCUT2D eigenvalue weighted by atomic mass is 10.2. The van der Waals surface area contributed by atoms with E-state index < -0.39 is 5.97 Å². The topological polar surface area (TPSA) is 84.2 Å². The number of carbonyl (C=O) groups is 2. The second-order valence-electron chi connectivity index (χ2n) is 4.33. The van der Waals surface area contributed by atoms with E-state index in [1.54, 1.807) is 7.05 Å². The minimum absolute atomic E-state index is 0.131. The molecule has 1 saturated carbocycles. The van der Waals surface area contributed by atoms with E-state index in [1.807, 2.05) is 0 Å². The fraction of sp³-hybridized carbons (Fsp3) is 0.545. The molecule has 1 amide bonds. The van der Waals surface area contributed by atoms with E-state index in [9.17, 15) is 9.59 Å².